The molecular weight excluding hydrogens is 214 g/mol. The summed E-state index contributed by atoms with van der Waals surface area (Å²) in [6.45, 7) is 3.06. The standard InChI is InChI=1S/C11H21NO2.ClH/c1-9-4-3-5-11(6-9,8-12-2)7-10(13)14;/h9,12H,3-8H2,1-2H3,(H,13,14);1H/t9-,11-;/m1./s1. The first-order chi connectivity index (χ1) is 6.58. The fraction of sp³-hybridized carbons (Fsp3) is 0.909. The van der Waals surface area contributed by atoms with Crippen LogP contribution < -0.4 is 5.32 Å². The average Bonchev–Trinajstić information content (AvgIpc) is 2.02. The highest BCUT2D eigenvalue weighted by Gasteiger charge is 2.36. The first-order valence-electron chi connectivity index (χ1n) is 5.44. The normalized spacial score (nSPS) is 30.7. The van der Waals surface area contributed by atoms with Crippen molar-refractivity contribution in [1.82, 2.24) is 5.32 Å². The number of halogens is 1. The second-order valence-corrected chi connectivity index (χ2v) is 4.80. The van der Waals surface area contributed by atoms with Gasteiger partial charge in [-0.1, -0.05) is 19.8 Å². The van der Waals surface area contributed by atoms with Gasteiger partial charge in [-0.15, -0.1) is 12.4 Å². The van der Waals surface area contributed by atoms with Crippen molar-refractivity contribution in [3.05, 3.63) is 0 Å². The summed E-state index contributed by atoms with van der Waals surface area (Å²) in [5, 5.41) is 12.1. The molecule has 0 aromatic rings. The van der Waals surface area contributed by atoms with Gasteiger partial charge in [0.2, 0.25) is 0 Å². The zero-order valence-corrected chi connectivity index (χ0v) is 10.4. The number of rotatable bonds is 4. The molecule has 0 saturated heterocycles. The third kappa shape index (κ3) is 4.39. The molecule has 0 radical (unpaired) electrons. The molecule has 1 aliphatic carbocycles. The maximum absolute atomic E-state index is 10.8. The highest BCUT2D eigenvalue weighted by molar-refractivity contribution is 5.85. The van der Waals surface area contributed by atoms with Crippen LogP contribution in [-0.4, -0.2) is 24.7 Å². The van der Waals surface area contributed by atoms with Gasteiger partial charge in [0, 0.05) is 6.54 Å². The highest BCUT2D eigenvalue weighted by atomic mass is 35.5. The van der Waals surface area contributed by atoms with Gasteiger partial charge in [0.25, 0.3) is 0 Å². The van der Waals surface area contributed by atoms with Gasteiger partial charge in [-0.3, -0.25) is 4.79 Å². The Morgan fingerprint density at radius 2 is 2.27 bits per heavy atom. The van der Waals surface area contributed by atoms with E-state index in [-0.39, 0.29) is 17.8 Å². The molecule has 4 heteroatoms. The summed E-state index contributed by atoms with van der Waals surface area (Å²) < 4.78 is 0. The molecule has 2 atom stereocenters. The van der Waals surface area contributed by atoms with Crippen LogP contribution in [0.5, 0.6) is 0 Å². The van der Waals surface area contributed by atoms with E-state index in [1.165, 1.54) is 12.8 Å². The molecule has 0 aromatic carbocycles. The smallest absolute Gasteiger partial charge is 0.303 e. The van der Waals surface area contributed by atoms with Crippen molar-refractivity contribution in [1.29, 1.82) is 0 Å². The van der Waals surface area contributed by atoms with Crippen molar-refractivity contribution in [3.63, 3.8) is 0 Å². The Bertz CT molecular complexity index is 207. The summed E-state index contributed by atoms with van der Waals surface area (Å²) in [6, 6.07) is 0. The zero-order chi connectivity index (χ0) is 10.6. The Kier molecular flexibility index (Phi) is 6.22. The third-order valence-corrected chi connectivity index (χ3v) is 3.26. The predicted molar refractivity (Wildman–Crippen MR) is 63.5 cm³/mol. The largest absolute Gasteiger partial charge is 0.481 e. The quantitative estimate of drug-likeness (QED) is 0.786. The van der Waals surface area contributed by atoms with Crippen LogP contribution in [0.1, 0.15) is 39.0 Å². The van der Waals surface area contributed by atoms with Crippen LogP contribution in [-0.2, 0) is 4.79 Å². The van der Waals surface area contributed by atoms with Crippen LogP contribution in [0.3, 0.4) is 0 Å². The molecule has 15 heavy (non-hydrogen) atoms. The lowest BCUT2D eigenvalue weighted by molar-refractivity contribution is -0.140. The van der Waals surface area contributed by atoms with E-state index in [1.54, 1.807) is 0 Å². The van der Waals surface area contributed by atoms with Crippen LogP contribution in [0.25, 0.3) is 0 Å². The molecule has 0 aromatic heterocycles. The summed E-state index contributed by atoms with van der Waals surface area (Å²) >= 11 is 0. The lowest BCUT2D eigenvalue weighted by atomic mass is 9.68. The van der Waals surface area contributed by atoms with E-state index in [9.17, 15) is 4.79 Å². The highest BCUT2D eigenvalue weighted by Crippen LogP contribution is 2.41. The second kappa shape index (κ2) is 6.33. The van der Waals surface area contributed by atoms with E-state index in [1.807, 2.05) is 7.05 Å². The Labute approximate surface area is 98.0 Å². The minimum Gasteiger partial charge on any atom is -0.481 e. The van der Waals surface area contributed by atoms with Crippen LogP contribution in [0.2, 0.25) is 0 Å². The number of carboxylic acids is 1. The summed E-state index contributed by atoms with van der Waals surface area (Å²) in [4.78, 5) is 10.8. The van der Waals surface area contributed by atoms with Gasteiger partial charge in [0.1, 0.15) is 0 Å². The molecule has 0 heterocycles. The van der Waals surface area contributed by atoms with E-state index in [0.29, 0.717) is 12.3 Å². The Balaban J connectivity index is 0.00000196. The van der Waals surface area contributed by atoms with Gasteiger partial charge in [0.05, 0.1) is 6.42 Å². The number of carboxylic acid groups (broad SMARTS) is 1. The molecule has 0 aliphatic heterocycles. The van der Waals surface area contributed by atoms with Gasteiger partial charge in [-0.2, -0.15) is 0 Å². The molecule has 3 nitrogen and oxygen atoms in total. The zero-order valence-electron chi connectivity index (χ0n) is 9.58. The summed E-state index contributed by atoms with van der Waals surface area (Å²) in [7, 11) is 1.91. The van der Waals surface area contributed by atoms with Gasteiger partial charge < -0.3 is 10.4 Å². The Morgan fingerprint density at radius 1 is 1.60 bits per heavy atom. The third-order valence-electron chi connectivity index (χ3n) is 3.26. The van der Waals surface area contributed by atoms with Crippen LogP contribution >= 0.6 is 12.4 Å². The first kappa shape index (κ1) is 14.7. The van der Waals surface area contributed by atoms with E-state index < -0.39 is 5.97 Å². The summed E-state index contributed by atoms with van der Waals surface area (Å²) in [6.07, 6.45) is 4.87. The van der Waals surface area contributed by atoms with Gasteiger partial charge in [-0.05, 0) is 31.2 Å². The minimum atomic E-state index is -0.658. The molecule has 1 aliphatic rings. The van der Waals surface area contributed by atoms with E-state index in [4.69, 9.17) is 5.11 Å². The average molecular weight is 236 g/mol. The number of nitrogens with one attached hydrogen (secondary N) is 1. The Hall–Kier alpha value is -0.280. The van der Waals surface area contributed by atoms with Crippen LogP contribution in [0.15, 0.2) is 0 Å². The fourth-order valence-corrected chi connectivity index (χ4v) is 2.85. The molecule has 2 N–H and O–H groups in total. The van der Waals surface area contributed by atoms with E-state index >= 15 is 0 Å². The Morgan fingerprint density at radius 3 is 2.73 bits per heavy atom. The molecule has 0 spiro atoms. The minimum absolute atomic E-state index is 0. The van der Waals surface area contributed by atoms with Crippen molar-refractivity contribution in [2.24, 2.45) is 11.3 Å². The van der Waals surface area contributed by atoms with Crippen molar-refractivity contribution < 1.29 is 9.90 Å². The predicted octanol–water partition coefficient (Wildman–Crippen LogP) is 2.30. The molecule has 90 valence electrons. The topological polar surface area (TPSA) is 49.3 Å². The summed E-state index contributed by atoms with van der Waals surface area (Å²) in [5.41, 5.74) is 0.0122. The van der Waals surface area contributed by atoms with Crippen molar-refractivity contribution in [3.8, 4) is 0 Å². The molecule has 1 rings (SSSR count). The van der Waals surface area contributed by atoms with Crippen molar-refractivity contribution >= 4 is 18.4 Å². The van der Waals surface area contributed by atoms with Gasteiger partial charge in [0.15, 0.2) is 0 Å². The molecule has 1 fully saturated rings. The lowest BCUT2D eigenvalue weighted by Crippen LogP contribution is -2.38. The monoisotopic (exact) mass is 235 g/mol. The summed E-state index contributed by atoms with van der Waals surface area (Å²) in [5.74, 6) is 0.0193. The maximum atomic E-state index is 10.8. The number of carbonyl (C=O) groups is 1. The number of hydrogen-bond acceptors (Lipinski definition) is 2. The second-order valence-electron chi connectivity index (χ2n) is 4.80. The molecule has 1 saturated carbocycles. The number of hydrogen-bond donors (Lipinski definition) is 2. The van der Waals surface area contributed by atoms with Crippen LogP contribution in [0, 0.1) is 11.3 Å². The first-order valence-corrected chi connectivity index (χ1v) is 5.44. The molecule has 0 bridgehead atoms. The molecule has 0 amide bonds. The van der Waals surface area contributed by atoms with Gasteiger partial charge >= 0.3 is 5.97 Å². The lowest BCUT2D eigenvalue weighted by Gasteiger charge is -2.39. The van der Waals surface area contributed by atoms with Crippen molar-refractivity contribution in [2.45, 2.75) is 39.0 Å². The van der Waals surface area contributed by atoms with Crippen molar-refractivity contribution in [2.75, 3.05) is 13.6 Å². The SMILES string of the molecule is CNC[C@]1(CC(=O)O)CCC[C@@H](C)C1.Cl. The fourth-order valence-electron chi connectivity index (χ4n) is 2.85. The van der Waals surface area contributed by atoms with Gasteiger partial charge in [-0.25, -0.2) is 0 Å². The number of aliphatic carboxylic acids is 1. The molecule has 0 unspecified atom stereocenters. The maximum Gasteiger partial charge on any atom is 0.303 e. The van der Waals surface area contributed by atoms with Crippen LogP contribution in [0.4, 0.5) is 0 Å². The molecular formula is C11H22ClNO2. The van der Waals surface area contributed by atoms with E-state index in [2.05, 4.69) is 12.2 Å². The van der Waals surface area contributed by atoms with E-state index in [0.717, 1.165) is 19.4 Å².